The van der Waals surface area contributed by atoms with Crippen LogP contribution in [0.3, 0.4) is 0 Å². The van der Waals surface area contributed by atoms with Crippen LogP contribution >= 0.6 is 0 Å². The SMILES string of the molecule is CC1(C)C[C@H]([C@H](O)c2cccc3c2CC(=O)N3)N1. The van der Waals surface area contributed by atoms with Gasteiger partial charge in [0.15, 0.2) is 0 Å². The van der Waals surface area contributed by atoms with Gasteiger partial charge in [0.2, 0.25) is 5.91 Å². The number of rotatable bonds is 2. The Labute approximate surface area is 106 Å². The van der Waals surface area contributed by atoms with Crippen LogP contribution in [-0.2, 0) is 11.2 Å². The molecule has 3 N–H and O–H groups in total. The first-order chi connectivity index (χ1) is 8.46. The first kappa shape index (κ1) is 11.7. The topological polar surface area (TPSA) is 61.4 Å². The first-order valence-electron chi connectivity index (χ1n) is 6.34. The highest BCUT2D eigenvalue weighted by Gasteiger charge is 2.40. The van der Waals surface area contributed by atoms with E-state index in [0.717, 1.165) is 23.2 Å². The highest BCUT2D eigenvalue weighted by molar-refractivity contribution is 5.99. The second-order valence-electron chi connectivity index (χ2n) is 5.88. The third-order valence-corrected chi connectivity index (χ3v) is 3.83. The zero-order chi connectivity index (χ0) is 12.9. The minimum Gasteiger partial charge on any atom is -0.387 e. The number of aliphatic hydroxyl groups excluding tert-OH is 1. The fraction of sp³-hybridized carbons (Fsp3) is 0.500. The Morgan fingerprint density at radius 2 is 2.17 bits per heavy atom. The number of amides is 1. The fourth-order valence-corrected chi connectivity index (χ4v) is 2.99. The molecule has 0 unspecified atom stereocenters. The van der Waals surface area contributed by atoms with Gasteiger partial charge in [0, 0.05) is 17.3 Å². The van der Waals surface area contributed by atoms with Crippen molar-refractivity contribution in [2.45, 2.75) is 44.4 Å². The molecule has 0 aliphatic carbocycles. The van der Waals surface area contributed by atoms with Crippen molar-refractivity contribution in [3.63, 3.8) is 0 Å². The van der Waals surface area contributed by atoms with Crippen LogP contribution in [-0.4, -0.2) is 22.6 Å². The van der Waals surface area contributed by atoms with Crippen LogP contribution in [0.25, 0.3) is 0 Å². The molecule has 1 fully saturated rings. The zero-order valence-corrected chi connectivity index (χ0v) is 10.7. The average molecular weight is 246 g/mol. The van der Waals surface area contributed by atoms with Crippen molar-refractivity contribution in [1.82, 2.24) is 5.32 Å². The Kier molecular flexibility index (Phi) is 2.47. The first-order valence-corrected chi connectivity index (χ1v) is 6.34. The number of anilines is 1. The molecule has 3 rings (SSSR count). The number of fused-ring (bicyclic) bond motifs is 1. The monoisotopic (exact) mass is 246 g/mol. The number of hydrogen-bond acceptors (Lipinski definition) is 3. The average Bonchev–Trinajstić information content (AvgIpc) is 2.64. The van der Waals surface area contributed by atoms with E-state index in [2.05, 4.69) is 24.5 Å². The van der Waals surface area contributed by atoms with Gasteiger partial charge in [-0.1, -0.05) is 12.1 Å². The second kappa shape index (κ2) is 3.80. The van der Waals surface area contributed by atoms with E-state index in [1.807, 2.05) is 18.2 Å². The van der Waals surface area contributed by atoms with Gasteiger partial charge in [-0.15, -0.1) is 0 Å². The number of nitrogens with one attached hydrogen (secondary N) is 2. The van der Waals surface area contributed by atoms with Crippen LogP contribution in [0.1, 0.15) is 37.5 Å². The van der Waals surface area contributed by atoms with E-state index < -0.39 is 6.10 Å². The molecule has 4 heteroatoms. The van der Waals surface area contributed by atoms with E-state index in [9.17, 15) is 9.90 Å². The smallest absolute Gasteiger partial charge is 0.228 e. The molecule has 2 atom stereocenters. The van der Waals surface area contributed by atoms with Crippen molar-refractivity contribution in [2.75, 3.05) is 5.32 Å². The second-order valence-corrected chi connectivity index (χ2v) is 5.88. The highest BCUT2D eigenvalue weighted by Crippen LogP contribution is 2.36. The van der Waals surface area contributed by atoms with Crippen LogP contribution < -0.4 is 10.6 Å². The molecule has 0 bridgehead atoms. The minimum absolute atomic E-state index is 0.00606. The van der Waals surface area contributed by atoms with Crippen LogP contribution in [0.15, 0.2) is 18.2 Å². The molecule has 0 radical (unpaired) electrons. The predicted molar refractivity (Wildman–Crippen MR) is 69.4 cm³/mol. The Hall–Kier alpha value is -1.39. The minimum atomic E-state index is -0.541. The van der Waals surface area contributed by atoms with Gasteiger partial charge in [-0.05, 0) is 37.5 Å². The summed E-state index contributed by atoms with van der Waals surface area (Å²) in [7, 11) is 0. The number of carbonyl (C=O) groups excluding carboxylic acids is 1. The molecule has 0 saturated carbocycles. The molecule has 0 aromatic heterocycles. The van der Waals surface area contributed by atoms with Crippen molar-refractivity contribution >= 4 is 11.6 Å². The predicted octanol–water partition coefficient (Wildman–Crippen LogP) is 1.36. The number of carbonyl (C=O) groups is 1. The summed E-state index contributed by atoms with van der Waals surface area (Å²) in [5.74, 6) is 0.00606. The van der Waals surface area contributed by atoms with Crippen LogP contribution in [0, 0.1) is 0 Å². The third kappa shape index (κ3) is 1.82. The molecule has 1 saturated heterocycles. The van der Waals surface area contributed by atoms with Gasteiger partial charge in [0.05, 0.1) is 12.5 Å². The standard InChI is InChI=1S/C14H18N2O2/c1-14(2)7-11(16-14)13(18)8-4-3-5-10-9(8)6-12(17)15-10/h3-5,11,13,16,18H,6-7H2,1-2H3,(H,15,17)/t11-,13-/m1/s1. The number of aliphatic hydroxyl groups is 1. The highest BCUT2D eigenvalue weighted by atomic mass is 16.3. The van der Waals surface area contributed by atoms with Crippen LogP contribution in [0.2, 0.25) is 0 Å². The molecule has 4 nitrogen and oxygen atoms in total. The van der Waals surface area contributed by atoms with E-state index >= 15 is 0 Å². The summed E-state index contributed by atoms with van der Waals surface area (Å²) < 4.78 is 0. The van der Waals surface area contributed by atoms with Gasteiger partial charge in [0.1, 0.15) is 0 Å². The Morgan fingerprint density at radius 1 is 1.44 bits per heavy atom. The lowest BCUT2D eigenvalue weighted by atomic mass is 9.79. The molecule has 1 aromatic carbocycles. The summed E-state index contributed by atoms with van der Waals surface area (Å²) in [5.41, 5.74) is 2.77. The maximum atomic E-state index is 11.4. The zero-order valence-electron chi connectivity index (χ0n) is 10.7. The summed E-state index contributed by atoms with van der Waals surface area (Å²) in [4.78, 5) is 11.4. The molecule has 2 aliphatic heterocycles. The Bertz CT molecular complexity index is 503. The van der Waals surface area contributed by atoms with Crippen LogP contribution in [0.5, 0.6) is 0 Å². The molecule has 1 aromatic rings. The Morgan fingerprint density at radius 3 is 2.83 bits per heavy atom. The Balaban J connectivity index is 1.86. The van der Waals surface area contributed by atoms with Gasteiger partial charge in [-0.25, -0.2) is 0 Å². The normalized spacial score (nSPS) is 26.2. The molecule has 96 valence electrons. The number of benzene rings is 1. The van der Waals surface area contributed by atoms with E-state index in [0.29, 0.717) is 6.42 Å². The van der Waals surface area contributed by atoms with Crippen molar-refractivity contribution in [3.8, 4) is 0 Å². The summed E-state index contributed by atoms with van der Waals surface area (Å²) in [6, 6.07) is 5.76. The summed E-state index contributed by atoms with van der Waals surface area (Å²) in [6.45, 7) is 4.24. The van der Waals surface area contributed by atoms with E-state index in [4.69, 9.17) is 0 Å². The summed E-state index contributed by atoms with van der Waals surface area (Å²) in [6.07, 6.45) is 0.776. The quantitative estimate of drug-likeness (QED) is 0.738. The lowest BCUT2D eigenvalue weighted by Crippen LogP contribution is -2.62. The van der Waals surface area contributed by atoms with Crippen LogP contribution in [0.4, 0.5) is 5.69 Å². The molecule has 2 heterocycles. The maximum Gasteiger partial charge on any atom is 0.228 e. The van der Waals surface area contributed by atoms with Gasteiger partial charge in [-0.2, -0.15) is 0 Å². The van der Waals surface area contributed by atoms with Crippen molar-refractivity contribution in [1.29, 1.82) is 0 Å². The molecular formula is C14H18N2O2. The molecule has 1 amide bonds. The lowest BCUT2D eigenvalue weighted by molar-refractivity contribution is -0.115. The lowest BCUT2D eigenvalue weighted by Gasteiger charge is -2.47. The van der Waals surface area contributed by atoms with Gasteiger partial charge in [-0.3, -0.25) is 4.79 Å². The van der Waals surface area contributed by atoms with E-state index in [1.54, 1.807) is 0 Å². The van der Waals surface area contributed by atoms with E-state index in [-0.39, 0.29) is 17.5 Å². The summed E-state index contributed by atoms with van der Waals surface area (Å²) >= 11 is 0. The maximum absolute atomic E-state index is 11.4. The number of hydrogen-bond donors (Lipinski definition) is 3. The molecular weight excluding hydrogens is 228 g/mol. The van der Waals surface area contributed by atoms with E-state index in [1.165, 1.54) is 0 Å². The third-order valence-electron chi connectivity index (χ3n) is 3.83. The van der Waals surface area contributed by atoms with Gasteiger partial charge in [0.25, 0.3) is 0 Å². The molecule has 0 spiro atoms. The summed E-state index contributed by atoms with van der Waals surface area (Å²) in [5, 5.41) is 16.6. The molecule has 18 heavy (non-hydrogen) atoms. The van der Waals surface area contributed by atoms with Crippen molar-refractivity contribution in [3.05, 3.63) is 29.3 Å². The fourth-order valence-electron chi connectivity index (χ4n) is 2.99. The van der Waals surface area contributed by atoms with Crippen molar-refractivity contribution in [2.24, 2.45) is 0 Å². The molecule has 2 aliphatic rings. The van der Waals surface area contributed by atoms with Gasteiger partial charge >= 0.3 is 0 Å². The van der Waals surface area contributed by atoms with Gasteiger partial charge < -0.3 is 15.7 Å². The largest absolute Gasteiger partial charge is 0.387 e. The van der Waals surface area contributed by atoms with Crippen molar-refractivity contribution < 1.29 is 9.90 Å².